The second-order valence-corrected chi connectivity index (χ2v) is 5.84. The van der Waals surface area contributed by atoms with Gasteiger partial charge in [-0.2, -0.15) is 0 Å². The maximum absolute atomic E-state index is 12.3. The molecular formula is C13H13BrN2O2S. The van der Waals surface area contributed by atoms with Gasteiger partial charge in [-0.25, -0.2) is 0 Å². The lowest BCUT2D eigenvalue weighted by molar-refractivity contribution is 0.0585. The number of rotatable bonds is 4. The summed E-state index contributed by atoms with van der Waals surface area (Å²) in [6.07, 6.45) is 0.989. The SMILES string of the molecule is CCC(CC(N)=S)N1C(=O)c2ccc(Br)cc2C1=O. The first-order chi connectivity index (χ1) is 8.95. The number of thiocarbonyl (C=S) groups is 1. The lowest BCUT2D eigenvalue weighted by Crippen LogP contribution is -2.41. The van der Waals surface area contributed by atoms with E-state index in [1.54, 1.807) is 18.2 Å². The fraction of sp³-hybridized carbons (Fsp3) is 0.308. The predicted molar refractivity (Wildman–Crippen MR) is 80.1 cm³/mol. The van der Waals surface area contributed by atoms with E-state index in [1.807, 2.05) is 6.92 Å². The van der Waals surface area contributed by atoms with E-state index in [4.69, 9.17) is 18.0 Å². The summed E-state index contributed by atoms with van der Waals surface area (Å²) in [6.45, 7) is 1.91. The zero-order valence-electron chi connectivity index (χ0n) is 10.4. The van der Waals surface area contributed by atoms with Gasteiger partial charge in [-0.05, 0) is 24.6 Å². The lowest BCUT2D eigenvalue weighted by Gasteiger charge is -2.24. The molecule has 0 fully saturated rings. The molecule has 1 unspecified atom stereocenters. The van der Waals surface area contributed by atoms with Crippen molar-refractivity contribution in [1.29, 1.82) is 0 Å². The molecule has 2 rings (SSSR count). The van der Waals surface area contributed by atoms with Crippen LogP contribution in [0.1, 0.15) is 40.5 Å². The third-order valence-corrected chi connectivity index (χ3v) is 3.81. The Bertz CT molecular complexity index is 574. The molecule has 1 aromatic rings. The van der Waals surface area contributed by atoms with E-state index in [0.717, 1.165) is 4.47 Å². The van der Waals surface area contributed by atoms with E-state index in [-0.39, 0.29) is 17.9 Å². The summed E-state index contributed by atoms with van der Waals surface area (Å²) in [5.41, 5.74) is 6.40. The highest BCUT2D eigenvalue weighted by atomic mass is 79.9. The molecule has 2 amide bonds. The molecule has 1 aromatic carbocycles. The smallest absolute Gasteiger partial charge is 0.261 e. The number of hydrogen-bond donors (Lipinski definition) is 1. The van der Waals surface area contributed by atoms with E-state index >= 15 is 0 Å². The van der Waals surface area contributed by atoms with Crippen LogP contribution in [-0.4, -0.2) is 27.7 Å². The Kier molecular flexibility index (Phi) is 4.01. The number of fused-ring (bicyclic) bond motifs is 1. The Labute approximate surface area is 125 Å². The van der Waals surface area contributed by atoms with Crippen LogP contribution in [0.4, 0.5) is 0 Å². The molecule has 1 aliphatic rings. The molecule has 0 aliphatic carbocycles. The molecule has 100 valence electrons. The van der Waals surface area contributed by atoms with Gasteiger partial charge in [0.2, 0.25) is 0 Å². The van der Waals surface area contributed by atoms with Crippen molar-refractivity contribution in [1.82, 2.24) is 4.90 Å². The highest BCUT2D eigenvalue weighted by Gasteiger charge is 2.39. The van der Waals surface area contributed by atoms with Gasteiger partial charge in [-0.15, -0.1) is 0 Å². The van der Waals surface area contributed by atoms with Crippen molar-refractivity contribution in [3.8, 4) is 0 Å². The minimum absolute atomic E-state index is 0.268. The number of imide groups is 1. The van der Waals surface area contributed by atoms with Crippen LogP contribution in [0.2, 0.25) is 0 Å². The molecule has 0 saturated heterocycles. The van der Waals surface area contributed by atoms with E-state index in [0.29, 0.717) is 29.0 Å². The second kappa shape index (κ2) is 5.38. The van der Waals surface area contributed by atoms with Crippen LogP contribution in [-0.2, 0) is 0 Å². The number of halogens is 1. The fourth-order valence-electron chi connectivity index (χ4n) is 2.21. The van der Waals surface area contributed by atoms with Gasteiger partial charge in [0.25, 0.3) is 11.8 Å². The molecule has 1 heterocycles. The third kappa shape index (κ3) is 2.55. The van der Waals surface area contributed by atoms with Gasteiger partial charge < -0.3 is 5.73 Å². The van der Waals surface area contributed by atoms with Gasteiger partial charge in [0.1, 0.15) is 0 Å². The van der Waals surface area contributed by atoms with Crippen LogP contribution in [0.15, 0.2) is 22.7 Å². The van der Waals surface area contributed by atoms with Crippen molar-refractivity contribution in [2.45, 2.75) is 25.8 Å². The lowest BCUT2D eigenvalue weighted by atomic mass is 10.1. The van der Waals surface area contributed by atoms with Crippen molar-refractivity contribution >= 4 is 45.0 Å². The van der Waals surface area contributed by atoms with Crippen molar-refractivity contribution in [3.63, 3.8) is 0 Å². The maximum Gasteiger partial charge on any atom is 0.261 e. The average Bonchev–Trinajstić information content (AvgIpc) is 2.59. The Morgan fingerprint density at radius 3 is 2.58 bits per heavy atom. The van der Waals surface area contributed by atoms with Crippen LogP contribution in [0.5, 0.6) is 0 Å². The van der Waals surface area contributed by atoms with Crippen LogP contribution in [0, 0.1) is 0 Å². The molecule has 1 aliphatic heterocycles. The summed E-state index contributed by atoms with van der Waals surface area (Å²) in [5, 5.41) is 0. The van der Waals surface area contributed by atoms with E-state index in [2.05, 4.69) is 15.9 Å². The molecule has 0 bridgehead atoms. The first-order valence-electron chi connectivity index (χ1n) is 5.91. The molecule has 0 radical (unpaired) electrons. The zero-order valence-corrected chi connectivity index (χ0v) is 12.8. The molecule has 19 heavy (non-hydrogen) atoms. The quantitative estimate of drug-likeness (QED) is 0.675. The standard InChI is InChI=1S/C13H13BrN2O2S/c1-2-8(6-11(15)19)16-12(17)9-4-3-7(14)5-10(9)13(16)18/h3-5,8H,2,6H2,1H3,(H2,15,19). The number of nitrogens with two attached hydrogens (primary N) is 1. The fourth-order valence-corrected chi connectivity index (χ4v) is 2.77. The molecule has 2 N–H and O–H groups in total. The topological polar surface area (TPSA) is 63.4 Å². The zero-order chi connectivity index (χ0) is 14.2. The number of benzene rings is 1. The van der Waals surface area contributed by atoms with Crippen molar-refractivity contribution in [2.75, 3.05) is 0 Å². The summed E-state index contributed by atoms with van der Waals surface area (Å²) in [5.74, 6) is -0.542. The normalized spacial score (nSPS) is 15.6. The van der Waals surface area contributed by atoms with Gasteiger partial charge in [-0.3, -0.25) is 14.5 Å². The van der Waals surface area contributed by atoms with Crippen molar-refractivity contribution < 1.29 is 9.59 Å². The van der Waals surface area contributed by atoms with Gasteiger partial charge in [0, 0.05) is 16.9 Å². The minimum atomic E-state index is -0.274. The molecule has 6 heteroatoms. The van der Waals surface area contributed by atoms with Gasteiger partial charge in [0.15, 0.2) is 0 Å². The van der Waals surface area contributed by atoms with E-state index in [9.17, 15) is 9.59 Å². The monoisotopic (exact) mass is 340 g/mol. The number of hydrogen-bond acceptors (Lipinski definition) is 3. The van der Waals surface area contributed by atoms with Crippen molar-refractivity contribution in [2.24, 2.45) is 5.73 Å². The average molecular weight is 341 g/mol. The Balaban J connectivity index is 2.38. The second-order valence-electron chi connectivity index (χ2n) is 4.40. The van der Waals surface area contributed by atoms with E-state index < -0.39 is 0 Å². The Hall–Kier alpha value is -1.27. The Morgan fingerprint density at radius 1 is 1.37 bits per heavy atom. The summed E-state index contributed by atoms with van der Waals surface area (Å²) < 4.78 is 0.775. The van der Waals surface area contributed by atoms with Crippen LogP contribution in [0.25, 0.3) is 0 Å². The first-order valence-corrected chi connectivity index (χ1v) is 7.11. The first kappa shape index (κ1) is 14.1. The van der Waals surface area contributed by atoms with Crippen LogP contribution in [0.3, 0.4) is 0 Å². The van der Waals surface area contributed by atoms with Gasteiger partial charge >= 0.3 is 0 Å². The predicted octanol–water partition coefficient (Wildman–Crippen LogP) is 2.50. The number of carbonyl (C=O) groups excluding carboxylic acids is 2. The number of nitrogens with zero attached hydrogens (tertiary/aromatic N) is 1. The molecule has 0 saturated carbocycles. The van der Waals surface area contributed by atoms with Crippen LogP contribution >= 0.6 is 28.1 Å². The number of carbonyl (C=O) groups is 2. The summed E-state index contributed by atoms with van der Waals surface area (Å²) >= 11 is 8.18. The van der Waals surface area contributed by atoms with Crippen molar-refractivity contribution in [3.05, 3.63) is 33.8 Å². The van der Waals surface area contributed by atoms with Gasteiger partial charge in [0.05, 0.1) is 16.1 Å². The Morgan fingerprint density at radius 2 is 2.00 bits per heavy atom. The summed E-state index contributed by atoms with van der Waals surface area (Å²) in [6, 6.07) is 4.81. The minimum Gasteiger partial charge on any atom is -0.393 e. The molecule has 0 spiro atoms. The molecule has 4 nitrogen and oxygen atoms in total. The maximum atomic E-state index is 12.3. The van der Waals surface area contributed by atoms with E-state index in [1.165, 1.54) is 4.90 Å². The summed E-state index contributed by atoms with van der Waals surface area (Å²) in [7, 11) is 0. The summed E-state index contributed by atoms with van der Waals surface area (Å²) in [4.78, 5) is 26.2. The highest BCUT2D eigenvalue weighted by molar-refractivity contribution is 9.10. The molecular weight excluding hydrogens is 328 g/mol. The largest absolute Gasteiger partial charge is 0.393 e. The molecule has 0 aromatic heterocycles. The van der Waals surface area contributed by atoms with Crippen LogP contribution < -0.4 is 5.73 Å². The number of amides is 2. The third-order valence-electron chi connectivity index (χ3n) is 3.15. The van der Waals surface area contributed by atoms with Gasteiger partial charge in [-0.1, -0.05) is 35.1 Å². The highest BCUT2D eigenvalue weighted by Crippen LogP contribution is 2.29. The molecule has 1 atom stereocenters.